The molecule has 2 heteroatoms. The maximum Gasteiger partial charge on any atom is 0.0351 e. The van der Waals surface area contributed by atoms with E-state index in [2.05, 4.69) is 105 Å². The van der Waals surface area contributed by atoms with Crippen molar-refractivity contribution in [3.63, 3.8) is 0 Å². The molecule has 2 aromatic carbocycles. The van der Waals surface area contributed by atoms with Gasteiger partial charge in [-0.3, -0.25) is 0 Å². The van der Waals surface area contributed by atoms with Crippen molar-refractivity contribution in [2.24, 2.45) is 0 Å². The summed E-state index contributed by atoms with van der Waals surface area (Å²) < 4.78 is 2.87. The Morgan fingerprint density at radius 3 is 2.09 bits per heavy atom. The van der Waals surface area contributed by atoms with E-state index < -0.39 is 0 Å². The van der Waals surface area contributed by atoms with Crippen LogP contribution in [0.4, 0.5) is 0 Å². The lowest BCUT2D eigenvalue weighted by Crippen LogP contribution is -2.16. The first-order valence-electron chi connectivity index (χ1n) is 11.9. The fraction of sp³-hybridized carbons (Fsp3) is 0.467. The van der Waals surface area contributed by atoms with E-state index in [9.17, 15) is 0 Å². The molecule has 0 fully saturated rings. The summed E-state index contributed by atoms with van der Waals surface area (Å²) in [7, 11) is 0. The summed E-state index contributed by atoms with van der Waals surface area (Å²) in [6.07, 6.45) is 1.10. The van der Waals surface area contributed by atoms with Crippen molar-refractivity contribution in [2.75, 3.05) is 0 Å². The number of benzene rings is 2. The number of fused-ring (bicyclic) bond motifs is 2. The second-order valence-corrected chi connectivity index (χ2v) is 14.1. The topological polar surface area (TPSA) is 0 Å². The minimum Gasteiger partial charge on any atom is -0.140 e. The molecule has 0 amide bonds. The summed E-state index contributed by atoms with van der Waals surface area (Å²) in [6.45, 7) is 20.9. The highest BCUT2D eigenvalue weighted by Crippen LogP contribution is 2.40. The van der Waals surface area contributed by atoms with Gasteiger partial charge in [-0.1, -0.05) is 80.5 Å². The monoisotopic (exact) mass is 462 g/mol. The molecular weight excluding hydrogens is 424 g/mol. The lowest BCUT2D eigenvalue weighted by atomic mass is 9.79. The molecule has 32 heavy (non-hydrogen) atoms. The van der Waals surface area contributed by atoms with Gasteiger partial charge in [0.15, 0.2) is 0 Å². The predicted molar refractivity (Wildman–Crippen MR) is 147 cm³/mol. The first kappa shape index (κ1) is 23.5. The van der Waals surface area contributed by atoms with Crippen LogP contribution >= 0.6 is 22.7 Å². The number of hydrogen-bond acceptors (Lipinski definition) is 2. The molecule has 0 aliphatic rings. The van der Waals surface area contributed by atoms with Crippen molar-refractivity contribution in [1.82, 2.24) is 0 Å². The van der Waals surface area contributed by atoms with Gasteiger partial charge in [-0.25, -0.2) is 0 Å². The van der Waals surface area contributed by atoms with Crippen molar-refractivity contribution in [3.8, 4) is 0 Å². The van der Waals surface area contributed by atoms with Crippen LogP contribution in [0.15, 0.2) is 42.5 Å². The molecule has 0 N–H and O–H groups in total. The smallest absolute Gasteiger partial charge is 0.0351 e. The van der Waals surface area contributed by atoms with Gasteiger partial charge in [0.25, 0.3) is 0 Å². The van der Waals surface area contributed by atoms with Crippen LogP contribution in [0.5, 0.6) is 0 Å². The van der Waals surface area contributed by atoms with Crippen molar-refractivity contribution in [3.05, 3.63) is 68.9 Å². The summed E-state index contributed by atoms with van der Waals surface area (Å²) in [5.41, 5.74) is 4.69. The van der Waals surface area contributed by atoms with E-state index in [1.807, 2.05) is 22.7 Å². The number of hydrogen-bond donors (Lipinski definition) is 0. The van der Waals surface area contributed by atoms with E-state index in [1.165, 1.54) is 46.6 Å². The molecular formula is C30H38S2. The fourth-order valence-electron chi connectivity index (χ4n) is 4.42. The lowest BCUT2D eigenvalue weighted by molar-refractivity contribution is 0.573. The average Bonchev–Trinajstić information content (AvgIpc) is 3.28. The van der Waals surface area contributed by atoms with E-state index in [-0.39, 0.29) is 10.8 Å². The Kier molecular flexibility index (Phi) is 6.09. The van der Waals surface area contributed by atoms with E-state index in [1.54, 1.807) is 0 Å². The minimum absolute atomic E-state index is 0.141. The Morgan fingerprint density at radius 1 is 0.750 bits per heavy atom. The summed E-state index contributed by atoms with van der Waals surface area (Å²) in [5.74, 6) is 1.11. The Balaban J connectivity index is 1.69. The molecule has 0 spiro atoms. The Hall–Kier alpha value is -1.64. The molecule has 0 nitrogen and oxygen atoms in total. The van der Waals surface area contributed by atoms with Gasteiger partial charge in [-0.15, -0.1) is 22.7 Å². The average molecular weight is 463 g/mol. The number of thiophene rings is 2. The second-order valence-electron chi connectivity index (χ2n) is 11.9. The molecule has 2 aromatic heterocycles. The van der Waals surface area contributed by atoms with E-state index in [0.717, 1.165) is 6.42 Å². The van der Waals surface area contributed by atoms with Crippen LogP contribution in [0.25, 0.3) is 20.2 Å². The summed E-state index contributed by atoms with van der Waals surface area (Å²) >= 11 is 3.95. The van der Waals surface area contributed by atoms with Crippen LogP contribution in [0.1, 0.15) is 101 Å². The minimum atomic E-state index is 0.141. The van der Waals surface area contributed by atoms with Crippen LogP contribution in [-0.2, 0) is 17.3 Å². The lowest BCUT2D eigenvalue weighted by Gasteiger charge is -2.25. The highest BCUT2D eigenvalue weighted by atomic mass is 32.1. The third-order valence-electron chi connectivity index (χ3n) is 6.57. The Morgan fingerprint density at radius 2 is 1.47 bits per heavy atom. The van der Waals surface area contributed by atoms with Crippen molar-refractivity contribution >= 4 is 42.8 Å². The molecule has 170 valence electrons. The zero-order chi connectivity index (χ0) is 23.4. The number of rotatable bonds is 4. The van der Waals surface area contributed by atoms with Gasteiger partial charge in [0, 0.05) is 19.2 Å². The molecule has 1 atom stereocenters. The zero-order valence-electron chi connectivity index (χ0n) is 21.2. The van der Waals surface area contributed by atoms with Gasteiger partial charge in [0.05, 0.1) is 0 Å². The van der Waals surface area contributed by atoms with Gasteiger partial charge in [-0.2, -0.15) is 0 Å². The molecule has 2 heterocycles. The molecule has 0 aliphatic heterocycles. The standard InChI is InChI=1S/C30H38S2/c1-18(2)26-14-21-11-10-20(13-27(21)32-26)19(3)12-23-17-24-25(30(7,8)9)15-22(29(4,5)6)16-28(24)31-23/h10-11,13-19H,12H2,1-9H3. The van der Waals surface area contributed by atoms with Crippen LogP contribution < -0.4 is 0 Å². The molecule has 0 radical (unpaired) electrons. The van der Waals surface area contributed by atoms with Crippen LogP contribution in [0.2, 0.25) is 0 Å². The van der Waals surface area contributed by atoms with Crippen molar-refractivity contribution < 1.29 is 0 Å². The first-order chi connectivity index (χ1) is 14.8. The predicted octanol–water partition coefficient (Wildman–Crippen LogP) is 10.2. The van der Waals surface area contributed by atoms with E-state index >= 15 is 0 Å². The largest absolute Gasteiger partial charge is 0.140 e. The maximum atomic E-state index is 2.48. The van der Waals surface area contributed by atoms with Crippen LogP contribution in [-0.4, -0.2) is 0 Å². The molecule has 0 aliphatic carbocycles. The van der Waals surface area contributed by atoms with E-state index in [4.69, 9.17) is 0 Å². The van der Waals surface area contributed by atoms with Crippen molar-refractivity contribution in [2.45, 2.75) is 91.4 Å². The summed E-state index contributed by atoms with van der Waals surface area (Å²) in [6, 6.07) is 16.8. The molecule has 4 aromatic rings. The molecule has 1 unspecified atom stereocenters. The molecule has 4 rings (SSSR count). The molecule has 0 bridgehead atoms. The third-order valence-corrected chi connectivity index (χ3v) is 9.07. The van der Waals surface area contributed by atoms with Gasteiger partial charge in [0.1, 0.15) is 0 Å². The van der Waals surface area contributed by atoms with E-state index in [0.29, 0.717) is 11.8 Å². The van der Waals surface area contributed by atoms with Gasteiger partial charge >= 0.3 is 0 Å². The fourth-order valence-corrected chi connectivity index (χ4v) is 6.80. The Labute approximate surface area is 202 Å². The summed E-state index contributed by atoms with van der Waals surface area (Å²) in [5, 5.41) is 2.84. The van der Waals surface area contributed by atoms with Gasteiger partial charge in [-0.05, 0) is 80.8 Å². The molecule has 0 saturated heterocycles. The highest BCUT2D eigenvalue weighted by Gasteiger charge is 2.23. The normalized spacial score (nSPS) is 14.1. The van der Waals surface area contributed by atoms with Crippen LogP contribution in [0, 0.1) is 0 Å². The quantitative estimate of drug-likeness (QED) is 0.283. The first-order valence-corrected chi connectivity index (χ1v) is 13.6. The molecule has 0 saturated carbocycles. The third kappa shape index (κ3) is 4.68. The zero-order valence-corrected chi connectivity index (χ0v) is 22.9. The van der Waals surface area contributed by atoms with Gasteiger partial charge in [0.2, 0.25) is 0 Å². The van der Waals surface area contributed by atoms with Gasteiger partial charge < -0.3 is 0 Å². The van der Waals surface area contributed by atoms with Crippen LogP contribution in [0.3, 0.4) is 0 Å². The van der Waals surface area contributed by atoms with Crippen molar-refractivity contribution in [1.29, 1.82) is 0 Å². The highest BCUT2D eigenvalue weighted by molar-refractivity contribution is 7.19. The SMILES string of the molecule is CC(C)c1cc2ccc(C(C)Cc3cc4c(C(C)(C)C)cc(C(C)(C)C)cc4s3)cc2s1. The summed E-state index contributed by atoms with van der Waals surface area (Å²) in [4.78, 5) is 2.98. The maximum absolute atomic E-state index is 2.48. The Bertz CT molecular complexity index is 1250. The second kappa shape index (κ2) is 8.29.